The second kappa shape index (κ2) is 6.86. The summed E-state index contributed by atoms with van der Waals surface area (Å²) in [6.45, 7) is 1.79. The first-order valence-corrected chi connectivity index (χ1v) is 7.21. The first-order chi connectivity index (χ1) is 9.15. The number of piperidine rings is 1. The van der Waals surface area contributed by atoms with Crippen LogP contribution in [0.4, 0.5) is 8.78 Å². The Hall–Kier alpha value is -1.14. The first kappa shape index (κ1) is 14.3. The Kier molecular flexibility index (Phi) is 5.15. The van der Waals surface area contributed by atoms with Crippen molar-refractivity contribution >= 4 is 17.7 Å². The van der Waals surface area contributed by atoms with Crippen molar-refractivity contribution in [2.45, 2.75) is 23.8 Å². The minimum absolute atomic E-state index is 0.0802. The zero-order valence-electron chi connectivity index (χ0n) is 10.4. The van der Waals surface area contributed by atoms with Gasteiger partial charge in [0.1, 0.15) is 0 Å². The van der Waals surface area contributed by atoms with Crippen LogP contribution in [0.25, 0.3) is 0 Å². The molecule has 0 saturated carbocycles. The van der Waals surface area contributed by atoms with Crippen LogP contribution in [0.5, 0.6) is 0 Å². The summed E-state index contributed by atoms with van der Waals surface area (Å²) in [7, 11) is 0. The number of nitrogens with one attached hydrogen (secondary N) is 2. The molecular formula is C13H16F2N2OS. The quantitative estimate of drug-likeness (QED) is 0.831. The van der Waals surface area contributed by atoms with Gasteiger partial charge in [0.15, 0.2) is 11.6 Å². The number of halogens is 2. The van der Waals surface area contributed by atoms with Crippen LogP contribution in [0.1, 0.15) is 12.8 Å². The van der Waals surface area contributed by atoms with Crippen molar-refractivity contribution < 1.29 is 13.6 Å². The molecule has 1 aliphatic rings. The third-order valence-corrected chi connectivity index (χ3v) is 3.92. The van der Waals surface area contributed by atoms with Gasteiger partial charge >= 0.3 is 0 Å². The van der Waals surface area contributed by atoms with Gasteiger partial charge in [0.25, 0.3) is 0 Å². The van der Waals surface area contributed by atoms with Gasteiger partial charge in [0, 0.05) is 17.5 Å². The smallest absolute Gasteiger partial charge is 0.230 e. The molecule has 1 heterocycles. The van der Waals surface area contributed by atoms with Crippen molar-refractivity contribution in [3.05, 3.63) is 29.8 Å². The van der Waals surface area contributed by atoms with Crippen molar-refractivity contribution in [2.75, 3.05) is 18.8 Å². The maximum Gasteiger partial charge on any atom is 0.230 e. The van der Waals surface area contributed by atoms with Gasteiger partial charge in [0.2, 0.25) is 5.91 Å². The Balaban J connectivity index is 1.77. The Morgan fingerprint density at radius 2 is 2.26 bits per heavy atom. The summed E-state index contributed by atoms with van der Waals surface area (Å²) in [5, 5.41) is 6.14. The Labute approximate surface area is 115 Å². The van der Waals surface area contributed by atoms with E-state index in [0.717, 1.165) is 38.1 Å². The monoisotopic (exact) mass is 286 g/mol. The lowest BCUT2D eigenvalue weighted by Crippen LogP contribution is -2.46. The summed E-state index contributed by atoms with van der Waals surface area (Å²) in [6, 6.07) is 3.82. The average Bonchev–Trinajstić information content (AvgIpc) is 2.41. The fraction of sp³-hybridized carbons (Fsp3) is 0.462. The van der Waals surface area contributed by atoms with Gasteiger partial charge in [-0.05, 0) is 37.6 Å². The van der Waals surface area contributed by atoms with Crippen LogP contribution >= 0.6 is 11.8 Å². The fourth-order valence-corrected chi connectivity index (χ4v) is 2.69. The first-order valence-electron chi connectivity index (χ1n) is 6.23. The molecule has 0 radical (unpaired) electrons. The van der Waals surface area contributed by atoms with Crippen LogP contribution < -0.4 is 10.6 Å². The highest BCUT2D eigenvalue weighted by Crippen LogP contribution is 2.20. The highest BCUT2D eigenvalue weighted by molar-refractivity contribution is 8.00. The molecule has 3 nitrogen and oxygen atoms in total. The van der Waals surface area contributed by atoms with E-state index in [1.54, 1.807) is 0 Å². The molecule has 1 aromatic carbocycles. The van der Waals surface area contributed by atoms with Crippen LogP contribution in [0.15, 0.2) is 23.1 Å². The third kappa shape index (κ3) is 4.47. The number of rotatable bonds is 4. The SMILES string of the molecule is O=C(CSc1ccc(F)c(F)c1)NC1CCCNC1. The van der Waals surface area contributed by atoms with Crippen molar-refractivity contribution in [3.63, 3.8) is 0 Å². The van der Waals surface area contributed by atoms with E-state index < -0.39 is 11.6 Å². The normalized spacial score (nSPS) is 19.2. The van der Waals surface area contributed by atoms with E-state index in [1.165, 1.54) is 17.8 Å². The number of carbonyl (C=O) groups excluding carboxylic acids is 1. The van der Waals surface area contributed by atoms with Gasteiger partial charge in [-0.3, -0.25) is 4.79 Å². The summed E-state index contributed by atoms with van der Waals surface area (Å²) < 4.78 is 25.7. The summed E-state index contributed by atoms with van der Waals surface area (Å²) in [4.78, 5) is 12.3. The molecule has 1 aromatic rings. The number of hydrogen-bond acceptors (Lipinski definition) is 3. The van der Waals surface area contributed by atoms with E-state index in [-0.39, 0.29) is 17.7 Å². The lowest BCUT2D eigenvalue weighted by Gasteiger charge is -2.23. The van der Waals surface area contributed by atoms with Crippen molar-refractivity contribution in [3.8, 4) is 0 Å². The van der Waals surface area contributed by atoms with Crippen LogP contribution in [-0.2, 0) is 4.79 Å². The number of thioether (sulfide) groups is 1. The van der Waals surface area contributed by atoms with Gasteiger partial charge in [-0.2, -0.15) is 0 Å². The average molecular weight is 286 g/mol. The van der Waals surface area contributed by atoms with E-state index >= 15 is 0 Å². The van der Waals surface area contributed by atoms with Crippen LogP contribution in [-0.4, -0.2) is 30.8 Å². The van der Waals surface area contributed by atoms with E-state index in [2.05, 4.69) is 10.6 Å². The van der Waals surface area contributed by atoms with Crippen molar-refractivity contribution in [1.29, 1.82) is 0 Å². The molecule has 0 aromatic heterocycles. The number of amides is 1. The van der Waals surface area contributed by atoms with Crippen LogP contribution in [0.3, 0.4) is 0 Å². The second-order valence-electron chi connectivity index (χ2n) is 4.48. The Bertz CT molecular complexity index is 450. The Morgan fingerprint density at radius 1 is 1.42 bits per heavy atom. The van der Waals surface area contributed by atoms with Gasteiger partial charge in [-0.15, -0.1) is 11.8 Å². The molecule has 104 valence electrons. The minimum atomic E-state index is -0.887. The highest BCUT2D eigenvalue weighted by atomic mass is 32.2. The molecule has 1 atom stereocenters. The minimum Gasteiger partial charge on any atom is -0.351 e. The molecule has 1 unspecified atom stereocenters. The van der Waals surface area contributed by atoms with Crippen molar-refractivity contribution in [2.24, 2.45) is 0 Å². The molecule has 1 amide bonds. The second-order valence-corrected chi connectivity index (χ2v) is 5.52. The van der Waals surface area contributed by atoms with Crippen molar-refractivity contribution in [1.82, 2.24) is 10.6 Å². The van der Waals surface area contributed by atoms with Gasteiger partial charge < -0.3 is 10.6 Å². The molecule has 1 fully saturated rings. The fourth-order valence-electron chi connectivity index (χ4n) is 1.96. The summed E-state index contributed by atoms with van der Waals surface area (Å²) in [6.07, 6.45) is 2.04. The molecule has 0 spiro atoms. The summed E-state index contributed by atoms with van der Waals surface area (Å²) >= 11 is 1.20. The molecule has 2 N–H and O–H groups in total. The predicted octanol–water partition coefficient (Wildman–Crippen LogP) is 1.93. The van der Waals surface area contributed by atoms with E-state index in [0.29, 0.717) is 4.90 Å². The number of carbonyl (C=O) groups is 1. The zero-order chi connectivity index (χ0) is 13.7. The van der Waals surface area contributed by atoms with E-state index in [1.807, 2.05) is 0 Å². The van der Waals surface area contributed by atoms with Gasteiger partial charge in [-0.1, -0.05) is 0 Å². The molecular weight excluding hydrogens is 270 g/mol. The lowest BCUT2D eigenvalue weighted by atomic mass is 10.1. The maximum atomic E-state index is 13.0. The molecule has 0 aliphatic carbocycles. The number of benzene rings is 1. The maximum absolute atomic E-state index is 13.0. The molecule has 19 heavy (non-hydrogen) atoms. The van der Waals surface area contributed by atoms with Gasteiger partial charge in [-0.25, -0.2) is 8.78 Å². The lowest BCUT2D eigenvalue weighted by molar-refractivity contribution is -0.119. The van der Waals surface area contributed by atoms with Gasteiger partial charge in [0.05, 0.1) is 5.75 Å². The molecule has 6 heteroatoms. The predicted molar refractivity (Wildman–Crippen MR) is 71.1 cm³/mol. The third-order valence-electron chi connectivity index (χ3n) is 2.92. The molecule has 1 aliphatic heterocycles. The van der Waals surface area contributed by atoms with Crippen LogP contribution in [0.2, 0.25) is 0 Å². The molecule has 0 bridgehead atoms. The standard InChI is InChI=1S/C13H16F2N2OS/c14-11-4-3-10(6-12(11)15)19-8-13(18)17-9-2-1-5-16-7-9/h3-4,6,9,16H,1-2,5,7-8H2,(H,17,18). The zero-order valence-corrected chi connectivity index (χ0v) is 11.2. The number of hydrogen-bond donors (Lipinski definition) is 2. The largest absolute Gasteiger partial charge is 0.351 e. The van der Waals surface area contributed by atoms with Crippen LogP contribution in [0, 0.1) is 11.6 Å². The van der Waals surface area contributed by atoms with E-state index in [4.69, 9.17) is 0 Å². The summed E-state index contributed by atoms with van der Waals surface area (Å²) in [5.41, 5.74) is 0. The van der Waals surface area contributed by atoms with E-state index in [9.17, 15) is 13.6 Å². The molecule has 2 rings (SSSR count). The highest BCUT2D eigenvalue weighted by Gasteiger charge is 2.15. The Morgan fingerprint density at radius 3 is 2.95 bits per heavy atom. The summed E-state index contributed by atoms with van der Waals surface area (Å²) in [5.74, 6) is -1.63. The molecule has 1 saturated heterocycles. The topological polar surface area (TPSA) is 41.1 Å².